The molecular weight excluding hydrogens is 478 g/mol. The standard InChI is InChI=1S/C27H31N3O5S/c1-4-5-19-34-24-15-11-22(12-16-24)20-28-29-27(31)21(2)30(36(3,32)33)23-13-17-26(18-14-23)35-25-9-7-6-8-10-25/h6-18,20-21H,4-5,19H2,1-3H3,(H,29,31)/b28-20-/t21-/m0/s1. The number of benzene rings is 3. The van der Waals surface area contributed by atoms with Gasteiger partial charge in [0.15, 0.2) is 0 Å². The van der Waals surface area contributed by atoms with E-state index in [0.29, 0.717) is 23.8 Å². The van der Waals surface area contributed by atoms with Gasteiger partial charge < -0.3 is 9.47 Å². The van der Waals surface area contributed by atoms with Crippen molar-refractivity contribution in [3.63, 3.8) is 0 Å². The molecule has 3 aromatic carbocycles. The molecule has 3 aromatic rings. The number of anilines is 1. The highest BCUT2D eigenvalue weighted by Gasteiger charge is 2.29. The summed E-state index contributed by atoms with van der Waals surface area (Å²) in [7, 11) is -3.76. The van der Waals surface area contributed by atoms with E-state index in [2.05, 4.69) is 17.5 Å². The molecule has 8 nitrogen and oxygen atoms in total. The molecule has 1 atom stereocenters. The van der Waals surface area contributed by atoms with Crippen molar-refractivity contribution >= 4 is 27.8 Å². The number of rotatable bonds is 12. The van der Waals surface area contributed by atoms with Crippen LogP contribution in [0.25, 0.3) is 0 Å². The summed E-state index contributed by atoms with van der Waals surface area (Å²) < 4.78 is 37.5. The highest BCUT2D eigenvalue weighted by atomic mass is 32.2. The molecule has 0 radical (unpaired) electrons. The minimum Gasteiger partial charge on any atom is -0.494 e. The molecule has 0 heterocycles. The Hall–Kier alpha value is -3.85. The highest BCUT2D eigenvalue weighted by Crippen LogP contribution is 2.27. The molecule has 0 aliphatic rings. The number of unbranched alkanes of at least 4 members (excludes halogenated alkanes) is 1. The molecule has 0 unspecified atom stereocenters. The Morgan fingerprint density at radius 3 is 2.19 bits per heavy atom. The number of hydrazone groups is 1. The van der Waals surface area contributed by atoms with Gasteiger partial charge in [-0.3, -0.25) is 9.10 Å². The van der Waals surface area contributed by atoms with Crippen LogP contribution in [0.15, 0.2) is 84.0 Å². The number of hydrogen-bond donors (Lipinski definition) is 1. The van der Waals surface area contributed by atoms with E-state index in [1.165, 1.54) is 13.1 Å². The lowest BCUT2D eigenvalue weighted by molar-refractivity contribution is -0.121. The summed E-state index contributed by atoms with van der Waals surface area (Å²) in [5.41, 5.74) is 3.52. The van der Waals surface area contributed by atoms with Crippen LogP contribution in [-0.4, -0.2) is 39.4 Å². The number of carbonyl (C=O) groups excluding carboxylic acids is 1. The molecule has 0 saturated carbocycles. The van der Waals surface area contributed by atoms with Crippen molar-refractivity contribution in [1.82, 2.24) is 5.43 Å². The van der Waals surface area contributed by atoms with E-state index in [1.807, 2.05) is 54.6 Å². The molecular formula is C27H31N3O5S. The summed E-state index contributed by atoms with van der Waals surface area (Å²) in [6, 6.07) is 22.0. The largest absolute Gasteiger partial charge is 0.494 e. The first-order valence-electron chi connectivity index (χ1n) is 11.7. The van der Waals surface area contributed by atoms with Crippen LogP contribution in [0.5, 0.6) is 17.2 Å². The number of hydrogen-bond acceptors (Lipinski definition) is 6. The molecule has 0 bridgehead atoms. The second-order valence-electron chi connectivity index (χ2n) is 8.15. The van der Waals surface area contributed by atoms with Gasteiger partial charge in [0.05, 0.1) is 24.8 Å². The van der Waals surface area contributed by atoms with Gasteiger partial charge in [0, 0.05) is 0 Å². The molecule has 0 saturated heterocycles. The van der Waals surface area contributed by atoms with Crippen LogP contribution in [0.2, 0.25) is 0 Å². The molecule has 1 amide bonds. The summed E-state index contributed by atoms with van der Waals surface area (Å²) in [6.45, 7) is 4.27. The summed E-state index contributed by atoms with van der Waals surface area (Å²) in [6.07, 6.45) is 4.59. The lowest BCUT2D eigenvalue weighted by Crippen LogP contribution is -2.46. The van der Waals surface area contributed by atoms with E-state index in [4.69, 9.17) is 9.47 Å². The average Bonchev–Trinajstić information content (AvgIpc) is 2.86. The topological polar surface area (TPSA) is 97.3 Å². The van der Waals surface area contributed by atoms with Gasteiger partial charge >= 0.3 is 0 Å². The number of nitrogens with one attached hydrogen (secondary N) is 1. The van der Waals surface area contributed by atoms with E-state index >= 15 is 0 Å². The molecule has 36 heavy (non-hydrogen) atoms. The van der Waals surface area contributed by atoms with Crippen molar-refractivity contribution in [1.29, 1.82) is 0 Å². The van der Waals surface area contributed by atoms with Crippen molar-refractivity contribution in [2.24, 2.45) is 5.10 Å². The number of nitrogens with zero attached hydrogens (tertiary/aromatic N) is 2. The third kappa shape index (κ3) is 7.84. The van der Waals surface area contributed by atoms with Crippen LogP contribution in [0.3, 0.4) is 0 Å². The highest BCUT2D eigenvalue weighted by molar-refractivity contribution is 7.92. The molecule has 0 spiro atoms. The summed E-state index contributed by atoms with van der Waals surface area (Å²) in [5.74, 6) is 1.40. The molecule has 0 fully saturated rings. The second kappa shape index (κ2) is 12.7. The fraction of sp³-hybridized carbons (Fsp3) is 0.259. The zero-order valence-corrected chi connectivity index (χ0v) is 21.4. The number of para-hydroxylation sites is 1. The van der Waals surface area contributed by atoms with Gasteiger partial charge in [0.25, 0.3) is 5.91 Å². The van der Waals surface area contributed by atoms with Crippen LogP contribution in [0.4, 0.5) is 5.69 Å². The van der Waals surface area contributed by atoms with Crippen molar-refractivity contribution in [2.75, 3.05) is 17.2 Å². The molecule has 0 aromatic heterocycles. The Morgan fingerprint density at radius 2 is 1.58 bits per heavy atom. The summed E-state index contributed by atoms with van der Waals surface area (Å²) in [5, 5.41) is 3.98. The number of amides is 1. The van der Waals surface area contributed by atoms with Crippen LogP contribution >= 0.6 is 0 Å². The lowest BCUT2D eigenvalue weighted by Gasteiger charge is -2.27. The molecule has 3 rings (SSSR count). The molecule has 0 aliphatic heterocycles. The quantitative estimate of drug-likeness (QED) is 0.211. The van der Waals surface area contributed by atoms with Gasteiger partial charge in [-0.05, 0) is 79.6 Å². The Balaban J connectivity index is 1.64. The van der Waals surface area contributed by atoms with Crippen molar-refractivity contribution < 1.29 is 22.7 Å². The Morgan fingerprint density at radius 1 is 0.972 bits per heavy atom. The predicted molar refractivity (Wildman–Crippen MR) is 142 cm³/mol. The van der Waals surface area contributed by atoms with Crippen LogP contribution < -0.4 is 19.2 Å². The van der Waals surface area contributed by atoms with Gasteiger partial charge in [-0.15, -0.1) is 0 Å². The van der Waals surface area contributed by atoms with Crippen molar-refractivity contribution in [3.8, 4) is 17.2 Å². The second-order valence-corrected chi connectivity index (χ2v) is 10.0. The average molecular weight is 510 g/mol. The van der Waals surface area contributed by atoms with Crippen LogP contribution in [0.1, 0.15) is 32.3 Å². The minimum atomic E-state index is -3.76. The zero-order chi connectivity index (χ0) is 26.0. The Kier molecular flexibility index (Phi) is 9.46. The smallest absolute Gasteiger partial charge is 0.263 e. The fourth-order valence-electron chi connectivity index (χ4n) is 3.34. The van der Waals surface area contributed by atoms with Crippen LogP contribution in [-0.2, 0) is 14.8 Å². The monoisotopic (exact) mass is 509 g/mol. The predicted octanol–water partition coefficient (Wildman–Crippen LogP) is 4.96. The maximum Gasteiger partial charge on any atom is 0.263 e. The first kappa shape index (κ1) is 26.7. The van der Waals surface area contributed by atoms with Crippen molar-refractivity contribution in [3.05, 3.63) is 84.4 Å². The first-order valence-corrected chi connectivity index (χ1v) is 13.5. The van der Waals surface area contributed by atoms with Crippen LogP contribution in [0, 0.1) is 0 Å². The molecule has 190 valence electrons. The van der Waals surface area contributed by atoms with E-state index in [0.717, 1.165) is 34.7 Å². The fourth-order valence-corrected chi connectivity index (χ4v) is 4.52. The van der Waals surface area contributed by atoms with Crippen molar-refractivity contribution in [2.45, 2.75) is 32.7 Å². The van der Waals surface area contributed by atoms with E-state index in [-0.39, 0.29) is 0 Å². The number of sulfonamides is 1. The maximum absolute atomic E-state index is 12.7. The third-order valence-electron chi connectivity index (χ3n) is 5.19. The molecule has 1 N–H and O–H groups in total. The van der Waals surface area contributed by atoms with Gasteiger partial charge in [-0.1, -0.05) is 31.5 Å². The number of ether oxygens (including phenoxy) is 2. The third-order valence-corrected chi connectivity index (χ3v) is 6.44. The van der Waals surface area contributed by atoms with E-state index < -0.39 is 22.0 Å². The van der Waals surface area contributed by atoms with Gasteiger partial charge in [-0.25, -0.2) is 13.8 Å². The maximum atomic E-state index is 12.7. The van der Waals surface area contributed by atoms with Gasteiger partial charge in [-0.2, -0.15) is 5.10 Å². The molecule has 0 aliphatic carbocycles. The Labute approximate surface area is 212 Å². The first-order chi connectivity index (χ1) is 17.3. The number of carbonyl (C=O) groups is 1. The van der Waals surface area contributed by atoms with E-state index in [9.17, 15) is 13.2 Å². The SMILES string of the molecule is CCCCOc1ccc(/C=N\NC(=O)[C@H](C)N(c2ccc(Oc3ccccc3)cc2)S(C)(=O)=O)cc1. The zero-order valence-electron chi connectivity index (χ0n) is 20.6. The van der Waals surface area contributed by atoms with Gasteiger partial charge in [0.2, 0.25) is 10.0 Å². The summed E-state index contributed by atoms with van der Waals surface area (Å²) in [4.78, 5) is 12.7. The minimum absolute atomic E-state index is 0.336. The van der Waals surface area contributed by atoms with E-state index in [1.54, 1.807) is 24.3 Å². The Bertz CT molecular complexity index is 1240. The molecule has 9 heteroatoms. The van der Waals surface area contributed by atoms with Gasteiger partial charge in [0.1, 0.15) is 23.3 Å². The lowest BCUT2D eigenvalue weighted by atomic mass is 10.2. The normalized spacial score (nSPS) is 12.2. The summed E-state index contributed by atoms with van der Waals surface area (Å²) >= 11 is 0.